The van der Waals surface area contributed by atoms with Gasteiger partial charge in [-0.2, -0.15) is 0 Å². The highest BCUT2D eigenvalue weighted by atomic mass is 32.1. The van der Waals surface area contributed by atoms with E-state index in [0.717, 1.165) is 0 Å². The number of hydrogen-bond donors (Lipinski definition) is 4. The standard InChI is InChI=1S/C17H16N2O6S/c1-24-11-5-9(6-12(8-11)25-2)15(21)19-17(26)18-10-3-4-13(16(22)23)14(20)7-10/h3-8,20H,1-2H3,(H,22,23)(H2,18,19,21,26). The molecule has 26 heavy (non-hydrogen) atoms. The van der Waals surface area contributed by atoms with E-state index in [-0.39, 0.29) is 16.2 Å². The van der Waals surface area contributed by atoms with Crippen molar-refractivity contribution >= 4 is 34.9 Å². The van der Waals surface area contributed by atoms with E-state index in [4.69, 9.17) is 26.8 Å². The Kier molecular flexibility index (Phi) is 5.97. The molecular formula is C17H16N2O6S. The third-order valence-corrected chi connectivity index (χ3v) is 3.53. The predicted molar refractivity (Wildman–Crippen MR) is 98.3 cm³/mol. The van der Waals surface area contributed by atoms with E-state index in [2.05, 4.69) is 10.6 Å². The molecule has 0 unspecified atom stereocenters. The van der Waals surface area contributed by atoms with Gasteiger partial charge in [-0.25, -0.2) is 4.79 Å². The number of nitrogens with one attached hydrogen (secondary N) is 2. The minimum Gasteiger partial charge on any atom is -0.507 e. The van der Waals surface area contributed by atoms with Crippen LogP contribution in [-0.2, 0) is 0 Å². The summed E-state index contributed by atoms with van der Waals surface area (Å²) in [6.45, 7) is 0. The van der Waals surface area contributed by atoms with Crippen LogP contribution in [0.1, 0.15) is 20.7 Å². The molecule has 0 aromatic heterocycles. The Bertz CT molecular complexity index is 846. The Morgan fingerprint density at radius 1 is 1.04 bits per heavy atom. The maximum atomic E-state index is 12.3. The molecule has 0 saturated carbocycles. The van der Waals surface area contributed by atoms with Crippen LogP contribution >= 0.6 is 12.2 Å². The average molecular weight is 376 g/mol. The molecule has 0 bridgehead atoms. The van der Waals surface area contributed by atoms with Crippen molar-refractivity contribution in [1.29, 1.82) is 0 Å². The van der Waals surface area contributed by atoms with E-state index in [1.807, 2.05) is 0 Å². The Labute approximate surface area is 154 Å². The van der Waals surface area contributed by atoms with E-state index >= 15 is 0 Å². The molecule has 0 aliphatic heterocycles. The first-order chi connectivity index (χ1) is 12.3. The Hall–Kier alpha value is -3.33. The maximum absolute atomic E-state index is 12.3. The molecule has 0 spiro atoms. The first kappa shape index (κ1) is 19.0. The summed E-state index contributed by atoms with van der Waals surface area (Å²) in [7, 11) is 2.94. The van der Waals surface area contributed by atoms with Gasteiger partial charge in [-0.3, -0.25) is 10.1 Å². The highest BCUT2D eigenvalue weighted by Crippen LogP contribution is 2.23. The number of thiocarbonyl (C=S) groups is 1. The van der Waals surface area contributed by atoms with Crippen molar-refractivity contribution in [2.24, 2.45) is 0 Å². The second-order valence-corrected chi connectivity index (χ2v) is 5.45. The van der Waals surface area contributed by atoms with Crippen LogP contribution in [0.2, 0.25) is 0 Å². The lowest BCUT2D eigenvalue weighted by molar-refractivity contribution is 0.0693. The van der Waals surface area contributed by atoms with Gasteiger partial charge in [0.2, 0.25) is 0 Å². The fourth-order valence-corrected chi connectivity index (χ4v) is 2.28. The Morgan fingerprint density at radius 3 is 2.15 bits per heavy atom. The van der Waals surface area contributed by atoms with Gasteiger partial charge in [-0.05, 0) is 36.5 Å². The largest absolute Gasteiger partial charge is 0.507 e. The molecule has 136 valence electrons. The van der Waals surface area contributed by atoms with Crippen LogP contribution in [0.3, 0.4) is 0 Å². The zero-order valence-corrected chi connectivity index (χ0v) is 14.7. The molecule has 2 aromatic rings. The van der Waals surface area contributed by atoms with Crippen LogP contribution in [-0.4, -0.2) is 41.4 Å². The molecule has 0 radical (unpaired) electrons. The number of carbonyl (C=O) groups is 2. The fourth-order valence-electron chi connectivity index (χ4n) is 2.07. The van der Waals surface area contributed by atoms with Gasteiger partial charge in [0, 0.05) is 23.4 Å². The number of rotatable bonds is 5. The number of carboxylic acid groups (broad SMARTS) is 1. The molecule has 2 aromatic carbocycles. The van der Waals surface area contributed by atoms with E-state index in [1.54, 1.807) is 6.07 Å². The first-order valence-electron chi connectivity index (χ1n) is 7.25. The Morgan fingerprint density at radius 2 is 1.65 bits per heavy atom. The number of anilines is 1. The van der Waals surface area contributed by atoms with Gasteiger partial charge < -0.3 is 25.0 Å². The SMILES string of the molecule is COc1cc(OC)cc(C(=O)NC(=S)Nc2ccc(C(=O)O)c(O)c2)c1. The molecule has 0 aliphatic carbocycles. The fraction of sp³-hybridized carbons (Fsp3) is 0.118. The van der Waals surface area contributed by atoms with Crippen molar-refractivity contribution in [2.45, 2.75) is 0 Å². The molecule has 8 nitrogen and oxygen atoms in total. The van der Waals surface area contributed by atoms with E-state index in [1.165, 1.54) is 44.6 Å². The molecule has 1 amide bonds. The van der Waals surface area contributed by atoms with Crippen molar-refractivity contribution in [2.75, 3.05) is 19.5 Å². The Balaban J connectivity index is 2.09. The normalized spacial score (nSPS) is 9.92. The highest BCUT2D eigenvalue weighted by Gasteiger charge is 2.13. The highest BCUT2D eigenvalue weighted by molar-refractivity contribution is 7.80. The number of methoxy groups -OCH3 is 2. The minimum atomic E-state index is -1.25. The van der Waals surface area contributed by atoms with Crippen LogP contribution in [0.5, 0.6) is 17.2 Å². The summed E-state index contributed by atoms with van der Waals surface area (Å²) >= 11 is 5.06. The van der Waals surface area contributed by atoms with Gasteiger partial charge in [0.15, 0.2) is 5.11 Å². The lowest BCUT2D eigenvalue weighted by atomic mass is 10.2. The van der Waals surface area contributed by atoms with E-state index in [0.29, 0.717) is 17.2 Å². The summed E-state index contributed by atoms with van der Waals surface area (Å²) < 4.78 is 10.2. The summed E-state index contributed by atoms with van der Waals surface area (Å²) in [5.41, 5.74) is 0.351. The second-order valence-electron chi connectivity index (χ2n) is 5.05. The zero-order valence-electron chi connectivity index (χ0n) is 13.9. The monoisotopic (exact) mass is 376 g/mol. The van der Waals surface area contributed by atoms with Crippen LogP contribution in [0.15, 0.2) is 36.4 Å². The molecule has 0 fully saturated rings. The van der Waals surface area contributed by atoms with Gasteiger partial charge in [0.25, 0.3) is 5.91 Å². The molecular weight excluding hydrogens is 360 g/mol. The van der Waals surface area contributed by atoms with Gasteiger partial charge in [0.05, 0.1) is 14.2 Å². The average Bonchev–Trinajstić information content (AvgIpc) is 2.60. The van der Waals surface area contributed by atoms with Crippen LogP contribution in [0, 0.1) is 0 Å². The molecule has 4 N–H and O–H groups in total. The number of carbonyl (C=O) groups excluding carboxylic acids is 1. The first-order valence-corrected chi connectivity index (χ1v) is 7.66. The van der Waals surface area contributed by atoms with Crippen molar-refractivity contribution in [3.63, 3.8) is 0 Å². The third kappa shape index (κ3) is 4.61. The summed E-state index contributed by atoms with van der Waals surface area (Å²) in [5.74, 6) is -1.28. The molecule has 2 rings (SSSR count). The second kappa shape index (κ2) is 8.17. The predicted octanol–water partition coefficient (Wildman–Crippen LogP) is 2.23. The number of aromatic hydroxyl groups is 1. The van der Waals surface area contributed by atoms with Crippen molar-refractivity contribution in [1.82, 2.24) is 5.32 Å². The number of carboxylic acids is 1. The van der Waals surface area contributed by atoms with Crippen LogP contribution < -0.4 is 20.1 Å². The van der Waals surface area contributed by atoms with Crippen LogP contribution in [0.25, 0.3) is 0 Å². The zero-order chi connectivity index (χ0) is 19.3. The number of phenols is 1. The van der Waals surface area contributed by atoms with E-state index in [9.17, 15) is 14.7 Å². The molecule has 0 atom stereocenters. The molecule has 0 heterocycles. The molecule has 9 heteroatoms. The van der Waals surface area contributed by atoms with Crippen LogP contribution in [0.4, 0.5) is 5.69 Å². The summed E-state index contributed by atoms with van der Waals surface area (Å²) in [6, 6.07) is 8.49. The van der Waals surface area contributed by atoms with Gasteiger partial charge in [0.1, 0.15) is 22.8 Å². The van der Waals surface area contributed by atoms with Gasteiger partial charge in [-0.1, -0.05) is 0 Å². The number of benzene rings is 2. The number of ether oxygens (including phenoxy) is 2. The van der Waals surface area contributed by atoms with Gasteiger partial charge >= 0.3 is 5.97 Å². The summed E-state index contributed by atoms with van der Waals surface area (Å²) in [5, 5.41) is 23.7. The lowest BCUT2D eigenvalue weighted by Gasteiger charge is -2.12. The number of amides is 1. The summed E-state index contributed by atoms with van der Waals surface area (Å²) in [4.78, 5) is 23.2. The number of hydrogen-bond acceptors (Lipinski definition) is 6. The minimum absolute atomic E-state index is 0.0285. The lowest BCUT2D eigenvalue weighted by Crippen LogP contribution is -2.34. The quantitative estimate of drug-likeness (QED) is 0.587. The third-order valence-electron chi connectivity index (χ3n) is 3.33. The number of aromatic carboxylic acids is 1. The van der Waals surface area contributed by atoms with Crippen molar-refractivity contribution < 1.29 is 29.3 Å². The summed E-state index contributed by atoms with van der Waals surface area (Å²) in [6.07, 6.45) is 0. The molecule has 0 aliphatic rings. The van der Waals surface area contributed by atoms with Crippen molar-refractivity contribution in [3.8, 4) is 17.2 Å². The smallest absolute Gasteiger partial charge is 0.339 e. The topological polar surface area (TPSA) is 117 Å². The maximum Gasteiger partial charge on any atom is 0.339 e. The van der Waals surface area contributed by atoms with Crippen molar-refractivity contribution in [3.05, 3.63) is 47.5 Å². The van der Waals surface area contributed by atoms with E-state index < -0.39 is 17.6 Å². The van der Waals surface area contributed by atoms with Gasteiger partial charge in [-0.15, -0.1) is 0 Å². The molecule has 0 saturated heterocycles.